The van der Waals surface area contributed by atoms with Crippen molar-refractivity contribution in [3.05, 3.63) is 102 Å². The number of nitrogens with one attached hydrogen (secondary N) is 1. The van der Waals surface area contributed by atoms with E-state index in [1.165, 1.54) is 28.6 Å². The Morgan fingerprint density at radius 2 is 1.56 bits per heavy atom. The van der Waals surface area contributed by atoms with Gasteiger partial charge in [0.25, 0.3) is 0 Å². The molecule has 1 saturated heterocycles. The minimum atomic E-state index is -3.89. The van der Waals surface area contributed by atoms with Crippen LogP contribution in [0.1, 0.15) is 37.3 Å². The maximum absolute atomic E-state index is 14.0. The van der Waals surface area contributed by atoms with Crippen LogP contribution >= 0.6 is 0 Å². The van der Waals surface area contributed by atoms with Crippen molar-refractivity contribution in [3.63, 3.8) is 0 Å². The van der Waals surface area contributed by atoms with Crippen LogP contribution in [0.25, 0.3) is 0 Å². The third kappa shape index (κ3) is 8.14. The minimum absolute atomic E-state index is 0.132. The standard InChI is InChI=1S/C31H37FN4O4S/c1-2-18-35(41(39,40)29-14-7-4-8-15-29)24-30(37)36(23-26-12-9-13-27(32)21-26)28-16-19-34(20-17-28)31(38)33-22-25-10-5-3-6-11-25/h3-15,21,28H,2,16-20,22-24H2,1H3,(H,33,38). The number of halogens is 1. The SMILES string of the molecule is CCCN(CC(=O)N(Cc1cccc(F)c1)C1CCN(C(=O)NCc2ccccc2)CC1)S(=O)(=O)c1ccccc1. The lowest BCUT2D eigenvalue weighted by Gasteiger charge is -2.39. The summed E-state index contributed by atoms with van der Waals surface area (Å²) in [5.41, 5.74) is 1.62. The Balaban J connectivity index is 1.47. The molecule has 218 valence electrons. The summed E-state index contributed by atoms with van der Waals surface area (Å²) in [6.07, 6.45) is 1.60. The predicted octanol–water partition coefficient (Wildman–Crippen LogP) is 4.63. The van der Waals surface area contributed by atoms with Gasteiger partial charge in [0.1, 0.15) is 5.82 Å². The van der Waals surface area contributed by atoms with Gasteiger partial charge >= 0.3 is 6.03 Å². The highest BCUT2D eigenvalue weighted by atomic mass is 32.2. The summed E-state index contributed by atoms with van der Waals surface area (Å²) in [6, 6.07) is 23.4. The average molecular weight is 581 g/mol. The number of nitrogens with zero attached hydrogens (tertiary/aromatic N) is 3. The number of carbonyl (C=O) groups is 2. The molecule has 1 heterocycles. The molecule has 0 aliphatic carbocycles. The first kappa shape index (κ1) is 30.2. The minimum Gasteiger partial charge on any atom is -0.334 e. The molecule has 0 aromatic heterocycles. The molecule has 8 nitrogen and oxygen atoms in total. The van der Waals surface area contributed by atoms with Crippen LogP contribution in [-0.4, -0.2) is 66.7 Å². The van der Waals surface area contributed by atoms with E-state index < -0.39 is 15.8 Å². The first-order valence-corrected chi connectivity index (χ1v) is 15.4. The van der Waals surface area contributed by atoms with Gasteiger partial charge in [-0.15, -0.1) is 0 Å². The normalized spacial score (nSPS) is 14.2. The molecule has 3 aromatic carbocycles. The largest absolute Gasteiger partial charge is 0.334 e. The number of piperidine rings is 1. The molecule has 0 bridgehead atoms. The van der Waals surface area contributed by atoms with Crippen LogP contribution in [0.5, 0.6) is 0 Å². The molecular formula is C31H37FN4O4S. The van der Waals surface area contributed by atoms with Gasteiger partial charge in [-0.1, -0.05) is 67.6 Å². The molecule has 1 fully saturated rings. The fraction of sp³-hybridized carbons (Fsp3) is 0.355. The Morgan fingerprint density at radius 3 is 2.20 bits per heavy atom. The fourth-order valence-electron chi connectivity index (χ4n) is 5.04. The molecule has 1 N–H and O–H groups in total. The number of hydrogen-bond acceptors (Lipinski definition) is 4. The maximum atomic E-state index is 14.0. The summed E-state index contributed by atoms with van der Waals surface area (Å²) in [4.78, 5) is 30.1. The van der Waals surface area contributed by atoms with Crippen molar-refractivity contribution in [2.75, 3.05) is 26.2 Å². The maximum Gasteiger partial charge on any atom is 0.317 e. The number of hydrogen-bond donors (Lipinski definition) is 1. The van der Waals surface area contributed by atoms with Crippen molar-refractivity contribution in [2.45, 2.75) is 50.2 Å². The van der Waals surface area contributed by atoms with Crippen LogP contribution in [-0.2, 0) is 27.9 Å². The quantitative estimate of drug-likeness (QED) is 0.358. The molecular weight excluding hydrogens is 543 g/mol. The Kier molecular flexibility index (Phi) is 10.5. The summed E-state index contributed by atoms with van der Waals surface area (Å²) >= 11 is 0. The zero-order chi connectivity index (χ0) is 29.2. The fourth-order valence-corrected chi connectivity index (χ4v) is 6.54. The monoisotopic (exact) mass is 580 g/mol. The lowest BCUT2D eigenvalue weighted by Crippen LogP contribution is -2.52. The third-order valence-corrected chi connectivity index (χ3v) is 9.07. The predicted molar refractivity (Wildman–Crippen MR) is 156 cm³/mol. The van der Waals surface area contributed by atoms with Crippen molar-refractivity contribution in [1.29, 1.82) is 0 Å². The van der Waals surface area contributed by atoms with E-state index in [9.17, 15) is 22.4 Å². The summed E-state index contributed by atoms with van der Waals surface area (Å²) < 4.78 is 42.0. The van der Waals surface area contributed by atoms with Crippen molar-refractivity contribution in [1.82, 2.24) is 19.4 Å². The molecule has 3 aromatic rings. The van der Waals surface area contributed by atoms with E-state index in [1.54, 1.807) is 40.1 Å². The molecule has 3 amide bonds. The average Bonchev–Trinajstić information content (AvgIpc) is 2.99. The number of urea groups is 1. The Labute approximate surface area is 241 Å². The number of sulfonamides is 1. The number of carbonyl (C=O) groups excluding carboxylic acids is 2. The molecule has 4 rings (SSSR count). The second kappa shape index (κ2) is 14.2. The van der Waals surface area contributed by atoms with Gasteiger partial charge < -0.3 is 15.1 Å². The van der Waals surface area contributed by atoms with Gasteiger partial charge in [0.15, 0.2) is 0 Å². The van der Waals surface area contributed by atoms with E-state index in [2.05, 4.69) is 5.32 Å². The lowest BCUT2D eigenvalue weighted by atomic mass is 10.0. The van der Waals surface area contributed by atoms with Gasteiger partial charge in [0.05, 0.1) is 11.4 Å². The number of benzene rings is 3. The molecule has 10 heteroatoms. The number of rotatable bonds is 11. The smallest absolute Gasteiger partial charge is 0.317 e. The van der Waals surface area contributed by atoms with Crippen LogP contribution in [0.3, 0.4) is 0 Å². The second-order valence-corrected chi connectivity index (χ2v) is 12.1. The number of likely N-dealkylation sites (tertiary alicyclic amines) is 1. The van der Waals surface area contributed by atoms with E-state index in [4.69, 9.17) is 0 Å². The van der Waals surface area contributed by atoms with Gasteiger partial charge in [-0.3, -0.25) is 4.79 Å². The van der Waals surface area contributed by atoms with E-state index in [0.717, 1.165) is 5.56 Å². The molecule has 41 heavy (non-hydrogen) atoms. The Morgan fingerprint density at radius 1 is 0.927 bits per heavy atom. The second-order valence-electron chi connectivity index (χ2n) is 10.2. The van der Waals surface area contributed by atoms with Crippen LogP contribution in [0.15, 0.2) is 89.8 Å². The topological polar surface area (TPSA) is 90.0 Å². The van der Waals surface area contributed by atoms with Gasteiger partial charge in [0, 0.05) is 38.8 Å². The number of amides is 3. The van der Waals surface area contributed by atoms with Crippen molar-refractivity contribution in [3.8, 4) is 0 Å². The van der Waals surface area contributed by atoms with Gasteiger partial charge in [-0.25, -0.2) is 17.6 Å². The van der Waals surface area contributed by atoms with Crippen molar-refractivity contribution >= 4 is 22.0 Å². The lowest BCUT2D eigenvalue weighted by molar-refractivity contribution is -0.135. The van der Waals surface area contributed by atoms with E-state index >= 15 is 0 Å². The first-order valence-electron chi connectivity index (χ1n) is 13.9. The Hall–Kier alpha value is -3.76. The molecule has 0 unspecified atom stereocenters. The summed E-state index contributed by atoms with van der Waals surface area (Å²) in [6.45, 7) is 3.19. The molecule has 1 aliphatic rings. The van der Waals surface area contributed by atoms with Gasteiger partial charge in [0.2, 0.25) is 15.9 Å². The molecule has 0 saturated carbocycles. The van der Waals surface area contributed by atoms with E-state index in [1.807, 2.05) is 37.3 Å². The molecule has 0 radical (unpaired) electrons. The zero-order valence-electron chi connectivity index (χ0n) is 23.3. The highest BCUT2D eigenvalue weighted by Crippen LogP contribution is 2.22. The van der Waals surface area contributed by atoms with Crippen LogP contribution in [0.2, 0.25) is 0 Å². The zero-order valence-corrected chi connectivity index (χ0v) is 24.1. The molecule has 0 spiro atoms. The van der Waals surface area contributed by atoms with Crippen LogP contribution in [0.4, 0.5) is 9.18 Å². The van der Waals surface area contributed by atoms with Crippen molar-refractivity contribution < 1.29 is 22.4 Å². The highest BCUT2D eigenvalue weighted by Gasteiger charge is 2.33. The highest BCUT2D eigenvalue weighted by molar-refractivity contribution is 7.89. The van der Waals surface area contributed by atoms with Crippen LogP contribution < -0.4 is 5.32 Å². The van der Waals surface area contributed by atoms with Gasteiger partial charge in [-0.05, 0) is 54.7 Å². The summed E-state index contributed by atoms with van der Waals surface area (Å²) in [5.74, 6) is -0.756. The molecule has 1 aliphatic heterocycles. The van der Waals surface area contributed by atoms with E-state index in [0.29, 0.717) is 44.5 Å². The van der Waals surface area contributed by atoms with Crippen LogP contribution in [0, 0.1) is 5.82 Å². The first-order chi connectivity index (χ1) is 19.8. The third-order valence-electron chi connectivity index (χ3n) is 7.21. The van der Waals surface area contributed by atoms with E-state index in [-0.39, 0.29) is 42.5 Å². The summed E-state index contributed by atoms with van der Waals surface area (Å²) in [5, 5.41) is 2.95. The van der Waals surface area contributed by atoms with Crippen molar-refractivity contribution in [2.24, 2.45) is 0 Å². The Bertz CT molecular complexity index is 1400. The summed E-state index contributed by atoms with van der Waals surface area (Å²) in [7, 11) is -3.89. The van der Waals surface area contributed by atoms with Gasteiger partial charge in [-0.2, -0.15) is 4.31 Å². The molecule has 0 atom stereocenters.